The number of hydrogen-bond acceptors (Lipinski definition) is 4. The fourth-order valence-electron chi connectivity index (χ4n) is 3.40. The number of unbranched alkanes of at least 4 members (excludes halogenated alkanes) is 12. The first-order chi connectivity index (χ1) is 15.0. The SMILES string of the molecule is CCCCCCCCCCCCCCCOC(=O)/C=C/C(=O)Oc1ccc(C)c(C)c1. The Morgan fingerprint density at radius 1 is 0.710 bits per heavy atom. The van der Waals surface area contributed by atoms with Crippen LogP contribution in [-0.2, 0) is 14.3 Å². The number of ether oxygens (including phenoxy) is 2. The van der Waals surface area contributed by atoms with E-state index in [1.807, 2.05) is 19.9 Å². The third kappa shape index (κ3) is 14.5. The van der Waals surface area contributed by atoms with Crippen LogP contribution in [0.4, 0.5) is 0 Å². The number of rotatable bonds is 17. The first-order valence-electron chi connectivity index (χ1n) is 12.2. The van der Waals surface area contributed by atoms with E-state index in [1.54, 1.807) is 12.1 Å². The Labute approximate surface area is 189 Å². The van der Waals surface area contributed by atoms with Crippen molar-refractivity contribution in [3.8, 4) is 5.75 Å². The molecule has 4 nitrogen and oxygen atoms in total. The van der Waals surface area contributed by atoms with Gasteiger partial charge in [-0.15, -0.1) is 0 Å². The maximum Gasteiger partial charge on any atom is 0.336 e. The summed E-state index contributed by atoms with van der Waals surface area (Å²) in [6, 6.07) is 5.43. The fourth-order valence-corrected chi connectivity index (χ4v) is 3.40. The lowest BCUT2D eigenvalue weighted by molar-refractivity contribution is -0.138. The van der Waals surface area contributed by atoms with E-state index >= 15 is 0 Å². The van der Waals surface area contributed by atoms with Crippen molar-refractivity contribution in [2.24, 2.45) is 0 Å². The van der Waals surface area contributed by atoms with E-state index < -0.39 is 11.9 Å². The molecule has 0 fully saturated rings. The van der Waals surface area contributed by atoms with Gasteiger partial charge in [0, 0.05) is 12.2 Å². The lowest BCUT2D eigenvalue weighted by Crippen LogP contribution is -2.07. The molecule has 1 rings (SSSR count). The molecule has 0 atom stereocenters. The molecule has 0 bridgehead atoms. The Balaban J connectivity index is 1.97. The summed E-state index contributed by atoms with van der Waals surface area (Å²) in [4.78, 5) is 23.5. The second-order valence-electron chi connectivity index (χ2n) is 8.41. The number of carbonyl (C=O) groups is 2. The smallest absolute Gasteiger partial charge is 0.336 e. The normalized spacial score (nSPS) is 11.1. The number of hydrogen-bond donors (Lipinski definition) is 0. The van der Waals surface area contributed by atoms with Gasteiger partial charge in [-0.05, 0) is 43.5 Å². The maximum absolute atomic E-state index is 11.8. The van der Waals surface area contributed by atoms with E-state index in [1.165, 1.54) is 70.6 Å². The van der Waals surface area contributed by atoms with Crippen molar-refractivity contribution >= 4 is 11.9 Å². The predicted molar refractivity (Wildman–Crippen MR) is 127 cm³/mol. The summed E-state index contributed by atoms with van der Waals surface area (Å²) in [5.41, 5.74) is 2.18. The van der Waals surface area contributed by atoms with E-state index in [4.69, 9.17) is 9.47 Å². The molecule has 0 aliphatic heterocycles. The van der Waals surface area contributed by atoms with Crippen molar-refractivity contribution in [2.75, 3.05) is 6.61 Å². The molecule has 174 valence electrons. The van der Waals surface area contributed by atoms with Crippen molar-refractivity contribution in [2.45, 2.75) is 104 Å². The highest BCUT2D eigenvalue weighted by Gasteiger charge is 2.04. The van der Waals surface area contributed by atoms with Crippen LogP contribution in [0, 0.1) is 13.8 Å². The van der Waals surface area contributed by atoms with Gasteiger partial charge in [-0.25, -0.2) is 9.59 Å². The third-order valence-corrected chi connectivity index (χ3v) is 5.54. The molecule has 0 saturated heterocycles. The Morgan fingerprint density at radius 3 is 1.77 bits per heavy atom. The molecule has 0 amide bonds. The van der Waals surface area contributed by atoms with Crippen LogP contribution in [0.25, 0.3) is 0 Å². The molecule has 1 aromatic carbocycles. The Morgan fingerprint density at radius 2 is 1.23 bits per heavy atom. The zero-order chi connectivity index (χ0) is 22.7. The minimum atomic E-state index is -0.582. The molecule has 0 aromatic heterocycles. The van der Waals surface area contributed by atoms with Crippen molar-refractivity contribution < 1.29 is 19.1 Å². The molecule has 0 aliphatic carbocycles. The van der Waals surface area contributed by atoms with Gasteiger partial charge in [0.2, 0.25) is 0 Å². The summed E-state index contributed by atoms with van der Waals surface area (Å²) in [5, 5.41) is 0. The summed E-state index contributed by atoms with van der Waals surface area (Å²) in [5.74, 6) is -0.616. The van der Waals surface area contributed by atoms with Crippen LogP contribution in [0.15, 0.2) is 30.4 Å². The van der Waals surface area contributed by atoms with E-state index in [0.29, 0.717) is 12.4 Å². The van der Waals surface area contributed by atoms with Crippen LogP contribution in [0.1, 0.15) is 102 Å². The van der Waals surface area contributed by atoms with Gasteiger partial charge in [0.05, 0.1) is 6.61 Å². The molecule has 4 heteroatoms. The molecule has 0 saturated carbocycles. The van der Waals surface area contributed by atoms with Crippen LogP contribution in [0.5, 0.6) is 5.75 Å². The second kappa shape index (κ2) is 17.6. The first kappa shape index (κ1) is 26.9. The Bertz CT molecular complexity index is 663. The monoisotopic (exact) mass is 430 g/mol. The van der Waals surface area contributed by atoms with Crippen LogP contribution in [-0.4, -0.2) is 18.5 Å². The van der Waals surface area contributed by atoms with Crippen molar-refractivity contribution in [3.05, 3.63) is 41.5 Å². The molecule has 31 heavy (non-hydrogen) atoms. The predicted octanol–water partition coefficient (Wildman–Crippen LogP) is 7.40. The van der Waals surface area contributed by atoms with Crippen molar-refractivity contribution in [3.63, 3.8) is 0 Å². The van der Waals surface area contributed by atoms with E-state index in [0.717, 1.165) is 36.1 Å². The highest BCUT2D eigenvalue weighted by molar-refractivity contribution is 5.92. The van der Waals surface area contributed by atoms with Gasteiger partial charge in [0.1, 0.15) is 5.75 Å². The summed E-state index contributed by atoms with van der Waals surface area (Å²) in [6.45, 7) is 6.60. The third-order valence-electron chi connectivity index (χ3n) is 5.54. The van der Waals surface area contributed by atoms with Crippen LogP contribution in [0.2, 0.25) is 0 Å². The number of carbonyl (C=O) groups excluding carboxylic acids is 2. The van der Waals surface area contributed by atoms with Gasteiger partial charge in [0.25, 0.3) is 0 Å². The van der Waals surface area contributed by atoms with Gasteiger partial charge in [-0.2, -0.15) is 0 Å². The molecule has 0 radical (unpaired) electrons. The lowest BCUT2D eigenvalue weighted by atomic mass is 10.0. The lowest BCUT2D eigenvalue weighted by Gasteiger charge is -2.05. The molecule has 1 aromatic rings. The van der Waals surface area contributed by atoms with Crippen LogP contribution in [0.3, 0.4) is 0 Å². The molecule has 0 aliphatic rings. The molecule has 0 unspecified atom stereocenters. The van der Waals surface area contributed by atoms with Crippen molar-refractivity contribution in [1.29, 1.82) is 0 Å². The number of esters is 2. The summed E-state index contributed by atoms with van der Waals surface area (Å²) in [6.07, 6.45) is 18.9. The van der Waals surface area contributed by atoms with E-state index in [9.17, 15) is 9.59 Å². The van der Waals surface area contributed by atoms with E-state index in [2.05, 4.69) is 6.92 Å². The first-order valence-corrected chi connectivity index (χ1v) is 12.2. The standard InChI is InChI=1S/C27H42O4/c1-4-5-6-7-8-9-10-11-12-13-14-15-16-21-30-26(28)19-20-27(29)31-25-18-17-23(2)24(3)22-25/h17-20,22H,4-16,21H2,1-3H3/b20-19+. The summed E-state index contributed by atoms with van der Waals surface area (Å²) in [7, 11) is 0. The summed E-state index contributed by atoms with van der Waals surface area (Å²) >= 11 is 0. The number of aryl methyl sites for hydroxylation is 2. The zero-order valence-electron chi connectivity index (χ0n) is 19.9. The quantitative estimate of drug-likeness (QED) is 0.112. The molecule has 0 heterocycles. The average Bonchev–Trinajstić information content (AvgIpc) is 2.75. The second-order valence-corrected chi connectivity index (χ2v) is 8.41. The van der Waals surface area contributed by atoms with Gasteiger partial charge in [-0.3, -0.25) is 0 Å². The number of benzene rings is 1. The minimum absolute atomic E-state index is 0.396. The molecular weight excluding hydrogens is 388 g/mol. The van der Waals surface area contributed by atoms with Gasteiger partial charge >= 0.3 is 11.9 Å². The topological polar surface area (TPSA) is 52.6 Å². The minimum Gasteiger partial charge on any atom is -0.463 e. The van der Waals surface area contributed by atoms with Crippen molar-refractivity contribution in [1.82, 2.24) is 0 Å². The highest BCUT2D eigenvalue weighted by atomic mass is 16.5. The Kier molecular flexibility index (Phi) is 15.3. The van der Waals surface area contributed by atoms with Crippen LogP contribution < -0.4 is 4.74 Å². The fraction of sp³-hybridized carbons (Fsp3) is 0.630. The largest absolute Gasteiger partial charge is 0.463 e. The van der Waals surface area contributed by atoms with Gasteiger partial charge in [0.15, 0.2) is 0 Å². The van der Waals surface area contributed by atoms with E-state index in [-0.39, 0.29) is 0 Å². The maximum atomic E-state index is 11.8. The zero-order valence-corrected chi connectivity index (χ0v) is 19.9. The molecular formula is C27H42O4. The van der Waals surface area contributed by atoms with Gasteiger partial charge < -0.3 is 9.47 Å². The van der Waals surface area contributed by atoms with Crippen LogP contribution >= 0.6 is 0 Å². The van der Waals surface area contributed by atoms with Gasteiger partial charge in [-0.1, -0.05) is 90.0 Å². The molecule has 0 spiro atoms. The average molecular weight is 431 g/mol. The highest BCUT2D eigenvalue weighted by Crippen LogP contribution is 2.16. The summed E-state index contributed by atoms with van der Waals surface area (Å²) < 4.78 is 10.3. The molecule has 0 N–H and O–H groups in total. The Hall–Kier alpha value is -2.10.